The normalized spacial score (nSPS) is 14.7. The van der Waals surface area contributed by atoms with Crippen molar-refractivity contribution in [3.63, 3.8) is 0 Å². The topological polar surface area (TPSA) is 84.8 Å². The maximum atomic E-state index is 13.2. The van der Waals surface area contributed by atoms with Crippen LogP contribution in [-0.4, -0.2) is 39.1 Å². The quantitative estimate of drug-likeness (QED) is 0.480. The van der Waals surface area contributed by atoms with Crippen LogP contribution in [0, 0.1) is 20.8 Å². The number of fused-ring (bicyclic) bond motifs is 1. The minimum Gasteiger partial charge on any atom is -0.381 e. The number of ether oxygens (including phenoxy) is 1. The van der Waals surface area contributed by atoms with Gasteiger partial charge in [-0.25, -0.2) is 0 Å². The van der Waals surface area contributed by atoms with Crippen molar-refractivity contribution >= 4 is 22.5 Å². The number of nitrogens with zero attached hydrogens (tertiary/aromatic N) is 3. The molecule has 7 heteroatoms. The molecule has 164 valence electrons. The van der Waals surface area contributed by atoms with Crippen molar-refractivity contribution in [1.82, 2.24) is 20.0 Å². The summed E-state index contributed by atoms with van der Waals surface area (Å²) in [6, 6.07) is 10.3. The van der Waals surface area contributed by atoms with E-state index in [1.54, 1.807) is 0 Å². The van der Waals surface area contributed by atoms with Gasteiger partial charge < -0.3 is 10.1 Å². The molecule has 4 aromatic rings. The Morgan fingerprint density at radius 2 is 1.88 bits per heavy atom. The minimum atomic E-state index is -0.119. The molecule has 1 amide bonds. The van der Waals surface area contributed by atoms with Gasteiger partial charge in [-0.3, -0.25) is 14.6 Å². The molecule has 2 N–H and O–H groups in total. The number of rotatable bonds is 4. The highest BCUT2D eigenvalue weighted by molar-refractivity contribution is 6.09. The van der Waals surface area contributed by atoms with Gasteiger partial charge in [0.1, 0.15) is 5.69 Å². The van der Waals surface area contributed by atoms with E-state index in [-0.39, 0.29) is 5.91 Å². The number of amides is 1. The van der Waals surface area contributed by atoms with Crippen LogP contribution in [0.3, 0.4) is 0 Å². The molecule has 7 nitrogen and oxygen atoms in total. The van der Waals surface area contributed by atoms with Gasteiger partial charge >= 0.3 is 0 Å². The van der Waals surface area contributed by atoms with Crippen LogP contribution >= 0.6 is 0 Å². The van der Waals surface area contributed by atoms with Crippen molar-refractivity contribution in [2.45, 2.75) is 39.7 Å². The summed E-state index contributed by atoms with van der Waals surface area (Å²) in [4.78, 5) is 13.2. The van der Waals surface area contributed by atoms with Gasteiger partial charge in [0.2, 0.25) is 0 Å². The smallest absolute Gasteiger partial charge is 0.255 e. The summed E-state index contributed by atoms with van der Waals surface area (Å²) in [7, 11) is 0. The molecule has 0 radical (unpaired) electrons. The van der Waals surface area contributed by atoms with E-state index < -0.39 is 0 Å². The molecule has 5 rings (SSSR count). The van der Waals surface area contributed by atoms with Crippen molar-refractivity contribution in [2.75, 3.05) is 18.5 Å². The van der Waals surface area contributed by atoms with Gasteiger partial charge in [-0.2, -0.15) is 10.2 Å². The highest BCUT2D eigenvalue weighted by atomic mass is 16.5. The first-order chi connectivity index (χ1) is 15.5. The molecule has 3 heterocycles. The fourth-order valence-electron chi connectivity index (χ4n) is 4.44. The van der Waals surface area contributed by atoms with Crippen LogP contribution in [-0.2, 0) is 4.74 Å². The van der Waals surface area contributed by atoms with Crippen LogP contribution in [0.2, 0.25) is 0 Å². The number of aryl methyl sites for hydroxylation is 3. The number of carbonyl (C=O) groups excluding carboxylic acids is 1. The number of hydrogen-bond donors (Lipinski definition) is 2. The second kappa shape index (κ2) is 8.24. The molecule has 32 heavy (non-hydrogen) atoms. The van der Waals surface area contributed by atoms with Crippen LogP contribution in [0.25, 0.3) is 22.2 Å². The summed E-state index contributed by atoms with van der Waals surface area (Å²) in [5, 5.41) is 16.2. The number of benzene rings is 2. The van der Waals surface area contributed by atoms with Crippen LogP contribution in [0.1, 0.15) is 45.9 Å². The van der Waals surface area contributed by atoms with Crippen molar-refractivity contribution in [3.8, 4) is 11.3 Å². The first-order valence-electron chi connectivity index (χ1n) is 11.0. The standard InChI is InChI=1S/C25H27N5O2/c1-15-5-4-6-16(2)23(15)27-25(31)20-12-21-22(11-17(20)3)28-29-24(21)18-13-26-30(14-18)19-7-9-32-10-8-19/h4-6,11-14,19H,7-10H2,1-3H3,(H,27,31)(H,28,29). The van der Waals surface area contributed by atoms with Gasteiger partial charge in [-0.1, -0.05) is 18.2 Å². The molecule has 0 saturated carbocycles. The van der Waals surface area contributed by atoms with Crippen molar-refractivity contribution in [2.24, 2.45) is 0 Å². The van der Waals surface area contributed by atoms with E-state index in [9.17, 15) is 4.79 Å². The fourth-order valence-corrected chi connectivity index (χ4v) is 4.44. The maximum Gasteiger partial charge on any atom is 0.255 e. The van der Waals surface area contributed by atoms with Crippen LogP contribution in [0.15, 0.2) is 42.7 Å². The zero-order chi connectivity index (χ0) is 22.2. The molecule has 2 aromatic carbocycles. The van der Waals surface area contributed by atoms with Crippen LogP contribution in [0.4, 0.5) is 5.69 Å². The number of para-hydroxylation sites is 1. The zero-order valence-electron chi connectivity index (χ0n) is 18.6. The summed E-state index contributed by atoms with van der Waals surface area (Å²) < 4.78 is 7.48. The van der Waals surface area contributed by atoms with E-state index in [1.807, 2.05) is 68.2 Å². The monoisotopic (exact) mass is 429 g/mol. The predicted octanol–water partition coefficient (Wildman–Crippen LogP) is 4.96. The highest BCUT2D eigenvalue weighted by Gasteiger charge is 2.20. The van der Waals surface area contributed by atoms with E-state index in [2.05, 4.69) is 20.6 Å². The van der Waals surface area contributed by atoms with Gasteiger partial charge in [0.25, 0.3) is 5.91 Å². The Morgan fingerprint density at radius 1 is 1.12 bits per heavy atom. The average molecular weight is 430 g/mol. The summed E-state index contributed by atoms with van der Waals surface area (Å²) in [6.07, 6.45) is 5.82. The number of aromatic nitrogens is 4. The second-order valence-electron chi connectivity index (χ2n) is 8.56. The molecule has 1 aliphatic rings. The van der Waals surface area contributed by atoms with Gasteiger partial charge in [0.05, 0.1) is 17.8 Å². The lowest BCUT2D eigenvalue weighted by atomic mass is 10.0. The number of anilines is 1. The van der Waals surface area contributed by atoms with E-state index in [0.29, 0.717) is 11.6 Å². The molecular formula is C25H27N5O2. The summed E-state index contributed by atoms with van der Waals surface area (Å²) in [5.74, 6) is -0.119. The third kappa shape index (κ3) is 3.69. The first-order valence-corrected chi connectivity index (χ1v) is 11.0. The Morgan fingerprint density at radius 3 is 2.62 bits per heavy atom. The first kappa shape index (κ1) is 20.5. The molecule has 1 aliphatic heterocycles. The highest BCUT2D eigenvalue weighted by Crippen LogP contribution is 2.31. The maximum absolute atomic E-state index is 13.2. The Hall–Kier alpha value is -3.45. The third-order valence-corrected chi connectivity index (χ3v) is 6.31. The van der Waals surface area contributed by atoms with Crippen LogP contribution < -0.4 is 5.32 Å². The van der Waals surface area contributed by atoms with Crippen molar-refractivity contribution < 1.29 is 9.53 Å². The van der Waals surface area contributed by atoms with Crippen molar-refractivity contribution in [3.05, 3.63) is 65.0 Å². The summed E-state index contributed by atoms with van der Waals surface area (Å²) in [6.45, 7) is 7.49. The summed E-state index contributed by atoms with van der Waals surface area (Å²) >= 11 is 0. The largest absolute Gasteiger partial charge is 0.381 e. The molecule has 1 fully saturated rings. The van der Waals surface area contributed by atoms with Crippen molar-refractivity contribution in [1.29, 1.82) is 0 Å². The molecule has 0 spiro atoms. The van der Waals surface area contributed by atoms with Gasteiger partial charge in [0, 0.05) is 41.6 Å². The Kier molecular flexibility index (Phi) is 5.27. The number of hydrogen-bond acceptors (Lipinski definition) is 4. The Balaban J connectivity index is 1.49. The second-order valence-corrected chi connectivity index (χ2v) is 8.56. The van der Waals surface area contributed by atoms with E-state index in [4.69, 9.17) is 4.74 Å². The van der Waals surface area contributed by atoms with E-state index >= 15 is 0 Å². The number of H-pyrrole nitrogens is 1. The van der Waals surface area contributed by atoms with Gasteiger partial charge in [-0.05, 0) is 62.4 Å². The average Bonchev–Trinajstić information content (AvgIpc) is 3.43. The zero-order valence-corrected chi connectivity index (χ0v) is 18.6. The molecule has 0 unspecified atom stereocenters. The third-order valence-electron chi connectivity index (χ3n) is 6.31. The number of aromatic amines is 1. The predicted molar refractivity (Wildman–Crippen MR) is 125 cm³/mol. The van der Waals surface area contributed by atoms with Gasteiger partial charge in [-0.15, -0.1) is 0 Å². The minimum absolute atomic E-state index is 0.119. The van der Waals surface area contributed by atoms with E-state index in [1.165, 1.54) is 0 Å². The summed E-state index contributed by atoms with van der Waals surface area (Å²) in [5.41, 5.74) is 7.13. The number of nitrogens with one attached hydrogen (secondary N) is 2. The van der Waals surface area contributed by atoms with E-state index in [0.717, 1.165) is 70.6 Å². The van der Waals surface area contributed by atoms with Crippen LogP contribution in [0.5, 0.6) is 0 Å². The molecule has 2 aromatic heterocycles. The lowest BCUT2D eigenvalue weighted by molar-refractivity contribution is 0.0662. The molecule has 0 aliphatic carbocycles. The molecule has 0 atom stereocenters. The molecular weight excluding hydrogens is 402 g/mol. The Bertz CT molecular complexity index is 1280. The van der Waals surface area contributed by atoms with Gasteiger partial charge in [0.15, 0.2) is 0 Å². The lowest BCUT2D eigenvalue weighted by Gasteiger charge is -2.22. The molecule has 1 saturated heterocycles. The fraction of sp³-hybridized carbons (Fsp3) is 0.320. The molecule has 0 bridgehead atoms. The lowest BCUT2D eigenvalue weighted by Crippen LogP contribution is -2.19. The number of carbonyl (C=O) groups is 1. The SMILES string of the molecule is Cc1cc2[nH]nc(-c3cnn(C4CCOCC4)c3)c2cc1C(=O)Nc1c(C)cccc1C. The Labute approximate surface area is 186 Å².